The normalized spacial score (nSPS) is 19.0. The van der Waals surface area contributed by atoms with E-state index in [-0.39, 0.29) is 5.50 Å². The number of rotatable bonds is 3. The highest BCUT2D eigenvalue weighted by Crippen LogP contribution is 2.40. The number of hydrogen-bond acceptors (Lipinski definition) is 4. The Balaban J connectivity index is 2.50. The molecule has 3 N–H and O–H groups in total. The van der Waals surface area contributed by atoms with E-state index in [9.17, 15) is 0 Å². The van der Waals surface area contributed by atoms with Crippen LogP contribution in [-0.2, 0) is 0 Å². The van der Waals surface area contributed by atoms with Crippen LogP contribution in [0.15, 0.2) is 22.9 Å². The standard InChI is InChI=1S/C14H19N3S2/c1-8-5-9(2)12(10(3)6-8)17-11(4)13(16-7-18)19-14(17)15/h5-7,14H,15H2,1-4H3,(H,16,18). The summed E-state index contributed by atoms with van der Waals surface area (Å²) in [6, 6.07) is 4.38. The van der Waals surface area contributed by atoms with Crippen molar-refractivity contribution in [3.05, 3.63) is 39.5 Å². The molecule has 1 atom stereocenters. The Morgan fingerprint density at radius 1 is 1.26 bits per heavy atom. The summed E-state index contributed by atoms with van der Waals surface area (Å²) < 4.78 is 0. The molecule has 0 amide bonds. The highest BCUT2D eigenvalue weighted by Gasteiger charge is 2.30. The monoisotopic (exact) mass is 293 g/mol. The molecular formula is C14H19N3S2. The third kappa shape index (κ3) is 2.63. The molecule has 0 saturated heterocycles. The van der Waals surface area contributed by atoms with Gasteiger partial charge < -0.3 is 16.0 Å². The minimum atomic E-state index is -0.113. The number of nitrogens with two attached hydrogens (primary N) is 1. The number of nitrogens with zero attached hydrogens (tertiary/aromatic N) is 1. The molecule has 0 saturated carbocycles. The number of benzene rings is 1. The number of anilines is 1. The van der Waals surface area contributed by atoms with Crippen LogP contribution in [-0.4, -0.2) is 11.0 Å². The minimum Gasteiger partial charge on any atom is -0.346 e. The molecule has 1 aromatic carbocycles. The van der Waals surface area contributed by atoms with Gasteiger partial charge in [0.1, 0.15) is 5.50 Å². The zero-order chi connectivity index (χ0) is 14.2. The van der Waals surface area contributed by atoms with Crippen LogP contribution < -0.4 is 16.0 Å². The van der Waals surface area contributed by atoms with Gasteiger partial charge in [-0.2, -0.15) is 0 Å². The van der Waals surface area contributed by atoms with Crippen LogP contribution in [0.1, 0.15) is 23.6 Å². The lowest BCUT2D eigenvalue weighted by atomic mass is 10.0. The van der Waals surface area contributed by atoms with E-state index in [2.05, 4.69) is 50.0 Å². The number of aryl methyl sites for hydroxylation is 3. The Hall–Kier alpha value is -1.04. The second-order valence-corrected chi connectivity index (χ2v) is 6.17. The summed E-state index contributed by atoms with van der Waals surface area (Å²) >= 11 is 6.46. The first-order valence-electron chi connectivity index (χ1n) is 6.16. The van der Waals surface area contributed by atoms with Gasteiger partial charge in [0.25, 0.3) is 0 Å². The molecule has 3 nitrogen and oxygen atoms in total. The Bertz CT molecular complexity index is 529. The molecule has 0 spiro atoms. The molecular weight excluding hydrogens is 274 g/mol. The van der Waals surface area contributed by atoms with Gasteiger partial charge >= 0.3 is 0 Å². The van der Waals surface area contributed by atoms with Gasteiger partial charge in [-0.1, -0.05) is 41.7 Å². The Morgan fingerprint density at radius 2 is 1.84 bits per heavy atom. The number of allylic oxidation sites excluding steroid dienone is 1. The van der Waals surface area contributed by atoms with Crippen molar-refractivity contribution in [2.24, 2.45) is 5.73 Å². The molecule has 1 aromatic rings. The van der Waals surface area contributed by atoms with E-state index >= 15 is 0 Å². The van der Waals surface area contributed by atoms with Crippen LogP contribution >= 0.6 is 24.0 Å². The molecule has 0 aromatic heterocycles. The van der Waals surface area contributed by atoms with E-state index in [1.807, 2.05) is 0 Å². The first-order chi connectivity index (χ1) is 8.95. The second-order valence-electron chi connectivity index (χ2n) is 4.80. The van der Waals surface area contributed by atoms with Gasteiger partial charge in [0.2, 0.25) is 0 Å². The lowest BCUT2D eigenvalue weighted by Gasteiger charge is -2.28. The van der Waals surface area contributed by atoms with Crippen molar-refractivity contribution in [3.8, 4) is 0 Å². The predicted molar refractivity (Wildman–Crippen MR) is 88.2 cm³/mol. The second kappa shape index (κ2) is 5.53. The quantitative estimate of drug-likeness (QED) is 0.838. The zero-order valence-electron chi connectivity index (χ0n) is 11.7. The summed E-state index contributed by atoms with van der Waals surface area (Å²) in [7, 11) is 0. The maximum absolute atomic E-state index is 6.26. The van der Waals surface area contributed by atoms with Gasteiger partial charge in [-0.05, 0) is 38.8 Å². The van der Waals surface area contributed by atoms with Crippen molar-refractivity contribution >= 4 is 35.2 Å². The van der Waals surface area contributed by atoms with Crippen LogP contribution in [0.2, 0.25) is 0 Å². The van der Waals surface area contributed by atoms with Crippen molar-refractivity contribution < 1.29 is 0 Å². The Morgan fingerprint density at radius 3 is 2.37 bits per heavy atom. The van der Waals surface area contributed by atoms with Crippen molar-refractivity contribution in [2.45, 2.75) is 33.2 Å². The van der Waals surface area contributed by atoms with Gasteiger partial charge in [-0.3, -0.25) is 0 Å². The van der Waals surface area contributed by atoms with Crippen LogP contribution in [0.3, 0.4) is 0 Å². The van der Waals surface area contributed by atoms with Gasteiger partial charge in [-0.25, -0.2) is 0 Å². The average molecular weight is 293 g/mol. The van der Waals surface area contributed by atoms with Gasteiger partial charge in [0, 0.05) is 11.4 Å². The SMILES string of the molecule is CC1=C(NC=S)SC(N)N1c1c(C)cc(C)cc1C. The molecule has 19 heavy (non-hydrogen) atoms. The predicted octanol–water partition coefficient (Wildman–Crippen LogP) is 3.14. The maximum Gasteiger partial charge on any atom is 0.135 e. The largest absolute Gasteiger partial charge is 0.346 e. The molecule has 1 unspecified atom stereocenters. The molecule has 1 aliphatic rings. The van der Waals surface area contributed by atoms with Gasteiger partial charge in [-0.15, -0.1) is 0 Å². The highest BCUT2D eigenvalue weighted by molar-refractivity contribution is 8.04. The van der Waals surface area contributed by atoms with Crippen molar-refractivity contribution in [3.63, 3.8) is 0 Å². The van der Waals surface area contributed by atoms with E-state index in [1.165, 1.54) is 27.9 Å². The van der Waals surface area contributed by atoms with E-state index in [0.717, 1.165) is 10.7 Å². The summed E-state index contributed by atoms with van der Waals surface area (Å²) in [5, 5.41) is 4.11. The fourth-order valence-electron chi connectivity index (χ4n) is 2.60. The summed E-state index contributed by atoms with van der Waals surface area (Å²) in [6.45, 7) is 8.44. The van der Waals surface area contributed by atoms with Gasteiger partial charge in [0.15, 0.2) is 0 Å². The first kappa shape index (κ1) is 14.4. The van der Waals surface area contributed by atoms with Crippen LogP contribution in [0.25, 0.3) is 0 Å². The molecule has 1 heterocycles. The van der Waals surface area contributed by atoms with E-state index in [1.54, 1.807) is 11.8 Å². The van der Waals surface area contributed by atoms with Crippen LogP contribution in [0.4, 0.5) is 5.69 Å². The summed E-state index contributed by atoms with van der Waals surface area (Å²) in [5.74, 6) is 0. The molecule has 1 aliphatic heterocycles. The van der Waals surface area contributed by atoms with Crippen LogP contribution in [0, 0.1) is 20.8 Å². The van der Waals surface area contributed by atoms with E-state index in [4.69, 9.17) is 18.0 Å². The first-order valence-corrected chi connectivity index (χ1v) is 7.51. The van der Waals surface area contributed by atoms with Crippen molar-refractivity contribution in [2.75, 3.05) is 4.90 Å². The number of nitrogens with one attached hydrogen (secondary N) is 1. The molecule has 0 aliphatic carbocycles. The van der Waals surface area contributed by atoms with Crippen molar-refractivity contribution in [1.82, 2.24) is 5.32 Å². The molecule has 0 radical (unpaired) electrons. The average Bonchev–Trinajstić information content (AvgIpc) is 2.56. The molecule has 102 valence electrons. The fraction of sp³-hybridized carbons (Fsp3) is 0.357. The van der Waals surface area contributed by atoms with E-state index in [0.29, 0.717) is 0 Å². The Labute approximate surface area is 124 Å². The summed E-state index contributed by atoms with van der Waals surface area (Å²) in [6.07, 6.45) is 0. The third-order valence-corrected chi connectivity index (χ3v) is 4.47. The number of thioether (sulfide) groups is 1. The topological polar surface area (TPSA) is 41.3 Å². The van der Waals surface area contributed by atoms with Crippen LogP contribution in [0.5, 0.6) is 0 Å². The summed E-state index contributed by atoms with van der Waals surface area (Å²) in [5.41, 5.74) is 13.8. The highest BCUT2D eigenvalue weighted by atomic mass is 32.2. The molecule has 2 rings (SSSR count). The maximum atomic E-state index is 6.26. The Kier molecular flexibility index (Phi) is 4.18. The van der Waals surface area contributed by atoms with Crippen molar-refractivity contribution in [1.29, 1.82) is 0 Å². The lowest BCUT2D eigenvalue weighted by molar-refractivity contribution is 0.871. The number of hydrogen-bond donors (Lipinski definition) is 2. The zero-order valence-corrected chi connectivity index (χ0v) is 13.3. The minimum absolute atomic E-state index is 0.113. The van der Waals surface area contributed by atoms with Gasteiger partial charge in [0.05, 0.1) is 10.5 Å². The molecule has 5 heteroatoms. The molecule has 0 fully saturated rings. The number of thiocarbonyl (C=S) groups is 1. The smallest absolute Gasteiger partial charge is 0.135 e. The third-order valence-electron chi connectivity index (χ3n) is 3.25. The van der Waals surface area contributed by atoms with E-state index < -0.39 is 0 Å². The lowest BCUT2D eigenvalue weighted by Crippen LogP contribution is -2.35. The summed E-state index contributed by atoms with van der Waals surface area (Å²) in [4.78, 5) is 2.18. The fourth-order valence-corrected chi connectivity index (χ4v) is 3.80. The molecule has 0 bridgehead atoms.